The molecule has 2 aromatic carbocycles. The molecule has 0 amide bonds. The third kappa shape index (κ3) is 4.32. The Labute approximate surface area is 127 Å². The Hall–Kier alpha value is -1.83. The van der Waals surface area contributed by atoms with Crippen LogP contribution in [0.5, 0.6) is 0 Å². The molecule has 2 aromatic rings. The normalized spacial score (nSPS) is 12.2. The molecular formula is C19H24FN. The van der Waals surface area contributed by atoms with E-state index in [0.717, 1.165) is 24.8 Å². The molecular weight excluding hydrogens is 261 g/mol. The smallest absolute Gasteiger partial charge is 0.123 e. The minimum Gasteiger partial charge on any atom is -0.378 e. The number of anilines is 1. The van der Waals surface area contributed by atoms with E-state index in [4.69, 9.17) is 0 Å². The fraction of sp³-hybridized carbons (Fsp3) is 0.368. The molecule has 112 valence electrons. The Morgan fingerprint density at radius 1 is 1.05 bits per heavy atom. The maximum atomic E-state index is 13.1. The molecule has 1 atom stereocenters. The van der Waals surface area contributed by atoms with Gasteiger partial charge in [0.25, 0.3) is 0 Å². The average molecular weight is 285 g/mol. The van der Waals surface area contributed by atoms with Crippen LogP contribution in [-0.2, 0) is 0 Å². The first-order chi connectivity index (χ1) is 10.1. The first kappa shape index (κ1) is 15.6. The van der Waals surface area contributed by atoms with Gasteiger partial charge in [-0.2, -0.15) is 0 Å². The summed E-state index contributed by atoms with van der Waals surface area (Å²) in [6.07, 6.45) is 3.36. The van der Waals surface area contributed by atoms with Gasteiger partial charge < -0.3 is 5.32 Å². The molecule has 0 heterocycles. The number of rotatable bonds is 6. The molecule has 0 fully saturated rings. The molecule has 0 aliphatic carbocycles. The van der Waals surface area contributed by atoms with Crippen LogP contribution in [0.15, 0.2) is 42.5 Å². The van der Waals surface area contributed by atoms with E-state index in [1.54, 1.807) is 12.1 Å². The van der Waals surface area contributed by atoms with Gasteiger partial charge in [-0.1, -0.05) is 44.0 Å². The summed E-state index contributed by atoms with van der Waals surface area (Å²) in [6, 6.07) is 13.5. The summed E-state index contributed by atoms with van der Waals surface area (Å²) >= 11 is 0. The minimum atomic E-state index is -0.181. The standard InChI is InChI=1S/C19H24FN/c1-4-5-6-18(16-9-11-17(20)12-10-16)21-19-13-14(2)7-8-15(19)3/h7-13,18,21H,4-6H2,1-3H3. The number of aryl methyl sites for hydroxylation is 2. The van der Waals surface area contributed by atoms with Crippen LogP contribution in [0.25, 0.3) is 0 Å². The zero-order chi connectivity index (χ0) is 15.2. The minimum absolute atomic E-state index is 0.181. The summed E-state index contributed by atoms with van der Waals surface area (Å²) in [5.41, 5.74) is 4.80. The quantitative estimate of drug-likeness (QED) is 0.708. The van der Waals surface area contributed by atoms with Crippen molar-refractivity contribution in [3.63, 3.8) is 0 Å². The third-order valence-electron chi connectivity index (χ3n) is 3.84. The van der Waals surface area contributed by atoms with E-state index in [1.807, 2.05) is 12.1 Å². The van der Waals surface area contributed by atoms with Crippen LogP contribution in [0.3, 0.4) is 0 Å². The predicted molar refractivity (Wildman–Crippen MR) is 88.2 cm³/mol. The number of hydrogen-bond donors (Lipinski definition) is 1. The van der Waals surface area contributed by atoms with Gasteiger partial charge in [0.15, 0.2) is 0 Å². The zero-order valence-electron chi connectivity index (χ0n) is 13.1. The number of unbranched alkanes of at least 4 members (excludes halogenated alkanes) is 1. The van der Waals surface area contributed by atoms with Crippen molar-refractivity contribution in [1.82, 2.24) is 0 Å². The highest BCUT2D eigenvalue weighted by molar-refractivity contribution is 5.54. The highest BCUT2D eigenvalue weighted by atomic mass is 19.1. The Morgan fingerprint density at radius 3 is 2.43 bits per heavy atom. The van der Waals surface area contributed by atoms with Gasteiger partial charge in [-0.3, -0.25) is 0 Å². The highest BCUT2D eigenvalue weighted by Gasteiger charge is 2.12. The maximum absolute atomic E-state index is 13.1. The molecule has 2 heteroatoms. The van der Waals surface area contributed by atoms with Gasteiger partial charge in [-0.25, -0.2) is 4.39 Å². The largest absolute Gasteiger partial charge is 0.378 e. The lowest BCUT2D eigenvalue weighted by Gasteiger charge is -2.22. The summed E-state index contributed by atoms with van der Waals surface area (Å²) < 4.78 is 13.1. The number of nitrogens with one attached hydrogen (secondary N) is 1. The van der Waals surface area contributed by atoms with Crippen molar-refractivity contribution in [2.75, 3.05) is 5.32 Å². The SMILES string of the molecule is CCCCC(Nc1cc(C)ccc1C)c1ccc(F)cc1. The second kappa shape index (κ2) is 7.26. The summed E-state index contributed by atoms with van der Waals surface area (Å²) in [4.78, 5) is 0. The summed E-state index contributed by atoms with van der Waals surface area (Å²) in [5, 5.41) is 3.64. The zero-order valence-corrected chi connectivity index (χ0v) is 13.1. The van der Waals surface area contributed by atoms with E-state index >= 15 is 0 Å². The van der Waals surface area contributed by atoms with E-state index in [1.165, 1.54) is 16.8 Å². The average Bonchev–Trinajstić information content (AvgIpc) is 2.48. The van der Waals surface area contributed by atoms with E-state index in [9.17, 15) is 4.39 Å². The molecule has 0 radical (unpaired) electrons. The van der Waals surface area contributed by atoms with Crippen LogP contribution in [0.1, 0.15) is 48.9 Å². The van der Waals surface area contributed by atoms with Crippen molar-refractivity contribution in [3.05, 3.63) is 65.0 Å². The summed E-state index contributed by atoms with van der Waals surface area (Å²) in [7, 11) is 0. The maximum Gasteiger partial charge on any atom is 0.123 e. The Balaban J connectivity index is 2.23. The molecule has 1 unspecified atom stereocenters. The van der Waals surface area contributed by atoms with Crippen molar-refractivity contribution >= 4 is 5.69 Å². The Kier molecular flexibility index (Phi) is 5.38. The van der Waals surface area contributed by atoms with Crippen LogP contribution in [0, 0.1) is 19.7 Å². The van der Waals surface area contributed by atoms with Crippen LogP contribution in [0.4, 0.5) is 10.1 Å². The van der Waals surface area contributed by atoms with Gasteiger partial charge in [0.05, 0.1) is 6.04 Å². The molecule has 1 nitrogen and oxygen atoms in total. The molecule has 21 heavy (non-hydrogen) atoms. The van der Waals surface area contributed by atoms with Crippen molar-refractivity contribution < 1.29 is 4.39 Å². The first-order valence-electron chi connectivity index (χ1n) is 7.69. The lowest BCUT2D eigenvalue weighted by Crippen LogP contribution is -2.12. The van der Waals surface area contributed by atoms with Gasteiger partial charge in [0.2, 0.25) is 0 Å². The summed E-state index contributed by atoms with van der Waals surface area (Å²) in [5.74, 6) is -0.181. The van der Waals surface area contributed by atoms with E-state index in [-0.39, 0.29) is 11.9 Å². The molecule has 0 saturated carbocycles. The van der Waals surface area contributed by atoms with Gasteiger partial charge >= 0.3 is 0 Å². The highest BCUT2D eigenvalue weighted by Crippen LogP contribution is 2.27. The molecule has 0 spiro atoms. The van der Waals surface area contributed by atoms with E-state index < -0.39 is 0 Å². The Bertz CT molecular complexity index is 575. The van der Waals surface area contributed by atoms with Crippen molar-refractivity contribution in [2.24, 2.45) is 0 Å². The molecule has 0 bridgehead atoms. The second-order valence-electron chi connectivity index (χ2n) is 5.71. The molecule has 0 aromatic heterocycles. The first-order valence-corrected chi connectivity index (χ1v) is 7.69. The number of benzene rings is 2. The van der Waals surface area contributed by atoms with Crippen molar-refractivity contribution in [1.29, 1.82) is 0 Å². The number of halogens is 1. The van der Waals surface area contributed by atoms with Crippen molar-refractivity contribution in [3.8, 4) is 0 Å². The van der Waals surface area contributed by atoms with Gasteiger partial charge in [-0.15, -0.1) is 0 Å². The Morgan fingerprint density at radius 2 is 1.76 bits per heavy atom. The molecule has 0 aliphatic heterocycles. The number of hydrogen-bond acceptors (Lipinski definition) is 1. The molecule has 0 saturated heterocycles. The lowest BCUT2D eigenvalue weighted by molar-refractivity contribution is 0.616. The topological polar surface area (TPSA) is 12.0 Å². The van der Waals surface area contributed by atoms with Crippen molar-refractivity contribution in [2.45, 2.75) is 46.1 Å². The third-order valence-corrected chi connectivity index (χ3v) is 3.84. The van der Waals surface area contributed by atoms with Crippen LogP contribution >= 0.6 is 0 Å². The van der Waals surface area contributed by atoms with Gasteiger partial charge in [-0.05, 0) is 55.2 Å². The van der Waals surface area contributed by atoms with Gasteiger partial charge in [0, 0.05) is 5.69 Å². The van der Waals surface area contributed by atoms with Crippen LogP contribution in [0.2, 0.25) is 0 Å². The predicted octanol–water partition coefficient (Wildman–Crippen LogP) is 5.79. The van der Waals surface area contributed by atoms with Crippen LogP contribution in [-0.4, -0.2) is 0 Å². The molecule has 0 aliphatic rings. The molecule has 2 rings (SSSR count). The van der Waals surface area contributed by atoms with Gasteiger partial charge in [0.1, 0.15) is 5.82 Å². The second-order valence-corrected chi connectivity index (χ2v) is 5.71. The van der Waals surface area contributed by atoms with Crippen LogP contribution < -0.4 is 5.32 Å². The summed E-state index contributed by atoms with van der Waals surface area (Å²) in [6.45, 7) is 6.41. The fourth-order valence-electron chi connectivity index (χ4n) is 2.50. The lowest BCUT2D eigenvalue weighted by atomic mass is 10.00. The van der Waals surface area contributed by atoms with E-state index in [0.29, 0.717) is 0 Å². The fourth-order valence-corrected chi connectivity index (χ4v) is 2.50. The van der Waals surface area contributed by atoms with E-state index in [2.05, 4.69) is 44.3 Å². The monoisotopic (exact) mass is 285 g/mol. The molecule has 1 N–H and O–H groups in total.